The smallest absolute Gasteiger partial charge is 0.339 e. The Balaban J connectivity index is 2.13. The highest BCUT2D eigenvalue weighted by Gasteiger charge is 2.30. The summed E-state index contributed by atoms with van der Waals surface area (Å²) in [5.41, 5.74) is 5.95. The number of nitrogens with one attached hydrogen (secondary N) is 1. The van der Waals surface area contributed by atoms with Crippen molar-refractivity contribution in [1.29, 1.82) is 0 Å². The van der Waals surface area contributed by atoms with E-state index in [9.17, 15) is 14.7 Å². The molecule has 0 aliphatic heterocycles. The summed E-state index contributed by atoms with van der Waals surface area (Å²) in [6.45, 7) is 0. The van der Waals surface area contributed by atoms with Crippen molar-refractivity contribution in [3.8, 4) is 5.75 Å². The molecule has 102 valence electrons. The van der Waals surface area contributed by atoms with E-state index in [1.165, 1.54) is 18.2 Å². The van der Waals surface area contributed by atoms with Crippen LogP contribution < -0.4 is 11.1 Å². The largest absolute Gasteiger partial charge is 0.507 e. The molecule has 1 fully saturated rings. The molecule has 6 heteroatoms. The molecule has 1 saturated carbocycles. The highest BCUT2D eigenvalue weighted by Crippen LogP contribution is 2.26. The van der Waals surface area contributed by atoms with Gasteiger partial charge >= 0.3 is 5.97 Å². The highest BCUT2D eigenvalue weighted by atomic mass is 16.4. The van der Waals surface area contributed by atoms with E-state index in [2.05, 4.69) is 5.32 Å². The molecule has 2 rings (SSSR count). The third-order valence-corrected chi connectivity index (χ3v) is 3.40. The first-order chi connectivity index (χ1) is 8.99. The maximum Gasteiger partial charge on any atom is 0.339 e. The monoisotopic (exact) mass is 264 g/mol. The van der Waals surface area contributed by atoms with Crippen LogP contribution in [0.15, 0.2) is 18.2 Å². The molecule has 0 radical (unpaired) electrons. The number of carbonyl (C=O) groups is 2. The molecule has 1 aromatic rings. The Kier molecular flexibility index (Phi) is 3.71. The predicted molar refractivity (Wildman–Crippen MR) is 69.0 cm³/mol. The zero-order valence-corrected chi connectivity index (χ0v) is 10.3. The van der Waals surface area contributed by atoms with Crippen LogP contribution in [0.2, 0.25) is 0 Å². The normalized spacial score (nSPS) is 22.2. The number of benzene rings is 1. The van der Waals surface area contributed by atoms with Crippen LogP contribution >= 0.6 is 0 Å². The van der Waals surface area contributed by atoms with Crippen molar-refractivity contribution in [2.45, 2.75) is 25.3 Å². The zero-order chi connectivity index (χ0) is 14.0. The first-order valence-corrected chi connectivity index (χ1v) is 6.12. The molecular formula is C13H16N2O4. The van der Waals surface area contributed by atoms with Gasteiger partial charge in [0.15, 0.2) is 0 Å². The summed E-state index contributed by atoms with van der Waals surface area (Å²) >= 11 is 0. The van der Waals surface area contributed by atoms with Gasteiger partial charge in [0.1, 0.15) is 11.3 Å². The van der Waals surface area contributed by atoms with Crippen molar-refractivity contribution in [1.82, 2.24) is 0 Å². The minimum Gasteiger partial charge on any atom is -0.507 e. The Morgan fingerprint density at radius 2 is 2.05 bits per heavy atom. The highest BCUT2D eigenvalue weighted by molar-refractivity contribution is 5.96. The summed E-state index contributed by atoms with van der Waals surface area (Å²) in [5, 5.41) is 20.9. The number of anilines is 1. The molecule has 1 aliphatic rings. The fraction of sp³-hybridized carbons (Fsp3) is 0.385. The van der Waals surface area contributed by atoms with Crippen molar-refractivity contribution >= 4 is 17.6 Å². The van der Waals surface area contributed by atoms with Crippen molar-refractivity contribution < 1.29 is 19.8 Å². The third kappa shape index (κ3) is 2.85. The molecule has 6 nitrogen and oxygen atoms in total. The van der Waals surface area contributed by atoms with Crippen molar-refractivity contribution in [2.75, 3.05) is 5.32 Å². The van der Waals surface area contributed by atoms with Gasteiger partial charge in [0.2, 0.25) is 5.91 Å². The fourth-order valence-electron chi connectivity index (χ4n) is 2.33. The zero-order valence-electron chi connectivity index (χ0n) is 10.3. The molecule has 0 saturated heterocycles. The molecule has 1 aromatic carbocycles. The summed E-state index contributed by atoms with van der Waals surface area (Å²) < 4.78 is 0. The van der Waals surface area contributed by atoms with Gasteiger partial charge in [-0.25, -0.2) is 4.79 Å². The van der Waals surface area contributed by atoms with Crippen LogP contribution in [0.25, 0.3) is 0 Å². The van der Waals surface area contributed by atoms with Gasteiger partial charge in [-0.05, 0) is 31.0 Å². The van der Waals surface area contributed by atoms with Crippen LogP contribution in [-0.2, 0) is 4.79 Å². The second-order valence-electron chi connectivity index (χ2n) is 4.73. The van der Waals surface area contributed by atoms with Gasteiger partial charge < -0.3 is 21.3 Å². The summed E-state index contributed by atoms with van der Waals surface area (Å²) in [6.07, 6.45) is 2.50. The molecule has 0 aromatic heterocycles. The number of phenols is 1. The number of rotatable bonds is 3. The van der Waals surface area contributed by atoms with Gasteiger partial charge in [0, 0.05) is 11.7 Å². The second kappa shape index (κ2) is 5.27. The van der Waals surface area contributed by atoms with E-state index in [-0.39, 0.29) is 29.2 Å². The topological polar surface area (TPSA) is 113 Å². The van der Waals surface area contributed by atoms with Gasteiger partial charge in [-0.1, -0.05) is 6.42 Å². The Hall–Kier alpha value is -2.08. The number of carboxylic acids is 1. The minimum absolute atomic E-state index is 0.143. The average Bonchev–Trinajstić information content (AvgIpc) is 2.77. The molecule has 19 heavy (non-hydrogen) atoms. The maximum absolute atomic E-state index is 12.0. The Bertz CT molecular complexity index is 515. The molecular weight excluding hydrogens is 248 g/mol. The van der Waals surface area contributed by atoms with Crippen LogP contribution in [0.3, 0.4) is 0 Å². The number of hydrogen-bond donors (Lipinski definition) is 4. The fourth-order valence-corrected chi connectivity index (χ4v) is 2.33. The van der Waals surface area contributed by atoms with Gasteiger partial charge in [-0.3, -0.25) is 4.79 Å². The predicted octanol–water partition coefficient (Wildman–Crippen LogP) is 1.16. The van der Waals surface area contributed by atoms with Crippen LogP contribution in [0.4, 0.5) is 5.69 Å². The van der Waals surface area contributed by atoms with Gasteiger partial charge in [0.25, 0.3) is 0 Å². The lowest BCUT2D eigenvalue weighted by molar-refractivity contribution is -0.120. The molecule has 0 heterocycles. The Morgan fingerprint density at radius 1 is 1.32 bits per heavy atom. The van der Waals surface area contributed by atoms with Gasteiger partial charge in [0.05, 0.1) is 5.92 Å². The Morgan fingerprint density at radius 3 is 2.63 bits per heavy atom. The molecule has 0 bridgehead atoms. The third-order valence-electron chi connectivity index (χ3n) is 3.40. The molecule has 5 N–H and O–H groups in total. The van der Waals surface area contributed by atoms with Crippen LogP contribution in [0.5, 0.6) is 5.75 Å². The lowest BCUT2D eigenvalue weighted by atomic mass is 10.0. The molecule has 2 unspecified atom stereocenters. The summed E-state index contributed by atoms with van der Waals surface area (Å²) in [6, 6.07) is 3.79. The van der Waals surface area contributed by atoms with Crippen LogP contribution in [0.1, 0.15) is 29.6 Å². The Labute approximate surface area is 110 Å². The number of carboxylic acid groups (broad SMARTS) is 1. The van der Waals surface area contributed by atoms with E-state index >= 15 is 0 Å². The number of carbonyl (C=O) groups excluding carboxylic acids is 1. The number of nitrogens with two attached hydrogens (primary N) is 1. The van der Waals surface area contributed by atoms with Crippen LogP contribution in [-0.4, -0.2) is 28.1 Å². The second-order valence-corrected chi connectivity index (χ2v) is 4.73. The van der Waals surface area contributed by atoms with E-state index in [0.29, 0.717) is 5.69 Å². The average molecular weight is 264 g/mol. The van der Waals surface area contributed by atoms with E-state index in [1.807, 2.05) is 0 Å². The molecule has 0 spiro atoms. The SMILES string of the molecule is NC1CCCC1C(=O)Nc1ccc(O)c(C(=O)O)c1. The minimum atomic E-state index is -1.24. The molecule has 1 aliphatic carbocycles. The van der Waals surface area contributed by atoms with E-state index in [0.717, 1.165) is 19.3 Å². The number of aromatic carboxylic acids is 1. The first kappa shape index (κ1) is 13.4. The van der Waals surface area contributed by atoms with Gasteiger partial charge in [-0.15, -0.1) is 0 Å². The lowest BCUT2D eigenvalue weighted by Gasteiger charge is -2.15. The van der Waals surface area contributed by atoms with E-state index in [4.69, 9.17) is 10.8 Å². The number of hydrogen-bond acceptors (Lipinski definition) is 4. The molecule has 1 amide bonds. The standard InChI is InChI=1S/C13H16N2O4/c14-10-3-1-2-8(10)12(17)15-7-4-5-11(16)9(6-7)13(18)19/h4-6,8,10,16H,1-3,14H2,(H,15,17)(H,18,19). The van der Waals surface area contributed by atoms with E-state index < -0.39 is 5.97 Å². The summed E-state index contributed by atoms with van der Waals surface area (Å²) in [7, 11) is 0. The summed E-state index contributed by atoms with van der Waals surface area (Å²) in [5.74, 6) is -2.01. The summed E-state index contributed by atoms with van der Waals surface area (Å²) in [4.78, 5) is 22.9. The van der Waals surface area contributed by atoms with Crippen molar-refractivity contribution in [3.05, 3.63) is 23.8 Å². The molecule has 2 atom stereocenters. The van der Waals surface area contributed by atoms with Crippen molar-refractivity contribution in [2.24, 2.45) is 11.7 Å². The number of aromatic hydroxyl groups is 1. The maximum atomic E-state index is 12.0. The van der Waals surface area contributed by atoms with Crippen LogP contribution in [0, 0.1) is 5.92 Å². The first-order valence-electron chi connectivity index (χ1n) is 6.12. The van der Waals surface area contributed by atoms with E-state index in [1.54, 1.807) is 0 Å². The van der Waals surface area contributed by atoms with Gasteiger partial charge in [-0.2, -0.15) is 0 Å². The number of amides is 1. The van der Waals surface area contributed by atoms with Crippen molar-refractivity contribution in [3.63, 3.8) is 0 Å². The quantitative estimate of drug-likeness (QED) is 0.612. The lowest BCUT2D eigenvalue weighted by Crippen LogP contribution is -2.34.